The fourth-order valence-corrected chi connectivity index (χ4v) is 2.50. The first kappa shape index (κ1) is 11.8. The van der Waals surface area contributed by atoms with Crippen LogP contribution in [0.25, 0.3) is 32.7 Å². The molecule has 94 valence electrons. The fourth-order valence-electron chi connectivity index (χ4n) is 2.50. The van der Waals surface area contributed by atoms with E-state index < -0.39 is 0 Å². The Labute approximate surface area is 112 Å². The zero-order valence-electron chi connectivity index (χ0n) is 11.2. The van der Waals surface area contributed by atoms with Gasteiger partial charge in [-0.05, 0) is 22.9 Å². The highest BCUT2D eigenvalue weighted by Crippen LogP contribution is 2.33. The van der Waals surface area contributed by atoms with Gasteiger partial charge in [0.2, 0.25) is 0 Å². The molecule has 4 aromatic rings. The highest BCUT2D eigenvalue weighted by Gasteiger charge is 2.08. The third-order valence-corrected chi connectivity index (χ3v) is 3.27. The predicted octanol–water partition coefficient (Wildman–Crippen LogP) is 5.77. The van der Waals surface area contributed by atoms with E-state index in [-0.39, 0.29) is 0 Å². The van der Waals surface area contributed by atoms with E-state index in [4.69, 9.17) is 4.42 Å². The Morgan fingerprint density at radius 1 is 0.632 bits per heavy atom. The molecule has 1 heteroatoms. The van der Waals surface area contributed by atoms with Gasteiger partial charge in [-0.3, -0.25) is 0 Å². The van der Waals surface area contributed by atoms with Gasteiger partial charge in [-0.15, -0.1) is 0 Å². The van der Waals surface area contributed by atoms with Crippen molar-refractivity contribution in [2.75, 3.05) is 0 Å². The SMILES string of the molecule is CC.c1ccc2c(c1)ccc1oc3ccccc3c12. The lowest BCUT2D eigenvalue weighted by atomic mass is 10.0. The maximum absolute atomic E-state index is 5.86. The highest BCUT2D eigenvalue weighted by atomic mass is 16.3. The van der Waals surface area contributed by atoms with Crippen LogP contribution in [0.15, 0.2) is 65.1 Å². The van der Waals surface area contributed by atoms with Crippen LogP contribution in [0.3, 0.4) is 0 Å². The van der Waals surface area contributed by atoms with Gasteiger partial charge in [-0.2, -0.15) is 0 Å². The molecule has 0 bridgehead atoms. The molecule has 3 aromatic carbocycles. The molecule has 0 saturated heterocycles. The van der Waals surface area contributed by atoms with Crippen molar-refractivity contribution in [1.29, 1.82) is 0 Å². The van der Waals surface area contributed by atoms with Gasteiger partial charge in [0, 0.05) is 10.8 Å². The predicted molar refractivity (Wildman–Crippen MR) is 82.6 cm³/mol. The van der Waals surface area contributed by atoms with Gasteiger partial charge in [-0.25, -0.2) is 0 Å². The normalized spacial score (nSPS) is 10.6. The Morgan fingerprint density at radius 2 is 1.32 bits per heavy atom. The fraction of sp³-hybridized carbons (Fsp3) is 0.111. The minimum Gasteiger partial charge on any atom is -0.456 e. The van der Waals surface area contributed by atoms with Crippen LogP contribution in [0.1, 0.15) is 13.8 Å². The second-order valence-electron chi connectivity index (χ2n) is 4.26. The Morgan fingerprint density at radius 3 is 2.16 bits per heavy atom. The molecule has 0 N–H and O–H groups in total. The summed E-state index contributed by atoms with van der Waals surface area (Å²) in [5, 5.41) is 4.93. The quantitative estimate of drug-likeness (QED) is 0.385. The molecule has 4 rings (SSSR count). The number of benzene rings is 3. The lowest BCUT2D eigenvalue weighted by Gasteiger charge is -1.98. The molecule has 0 unspecified atom stereocenters. The minimum absolute atomic E-state index is 0.957. The largest absolute Gasteiger partial charge is 0.456 e. The summed E-state index contributed by atoms with van der Waals surface area (Å²) in [6.45, 7) is 4.00. The van der Waals surface area contributed by atoms with Gasteiger partial charge in [-0.1, -0.05) is 62.4 Å². The molecule has 0 saturated carbocycles. The number of para-hydroxylation sites is 1. The summed E-state index contributed by atoms with van der Waals surface area (Å²) in [7, 11) is 0. The lowest BCUT2D eigenvalue weighted by Crippen LogP contribution is -1.73. The maximum atomic E-state index is 5.86. The molecular formula is C18H16O. The van der Waals surface area contributed by atoms with Crippen molar-refractivity contribution in [1.82, 2.24) is 0 Å². The first-order valence-corrected chi connectivity index (χ1v) is 6.72. The maximum Gasteiger partial charge on any atom is 0.136 e. The molecule has 0 radical (unpaired) electrons. The van der Waals surface area contributed by atoms with Crippen molar-refractivity contribution in [2.45, 2.75) is 13.8 Å². The molecule has 0 atom stereocenters. The molecule has 0 aliphatic heterocycles. The number of hydrogen-bond acceptors (Lipinski definition) is 1. The second kappa shape index (κ2) is 4.77. The average Bonchev–Trinajstić information content (AvgIpc) is 2.88. The van der Waals surface area contributed by atoms with Crippen molar-refractivity contribution >= 4 is 32.7 Å². The third kappa shape index (κ3) is 1.78. The standard InChI is InChI=1S/C16H10O.C2H6/c1-2-6-12-11(5-1)9-10-15-16(12)13-7-3-4-8-14(13)17-15;1-2/h1-10H;1-2H3. The molecule has 0 spiro atoms. The molecule has 1 heterocycles. The van der Waals surface area contributed by atoms with Gasteiger partial charge in [0.15, 0.2) is 0 Å². The van der Waals surface area contributed by atoms with Crippen molar-refractivity contribution < 1.29 is 4.42 Å². The van der Waals surface area contributed by atoms with Crippen LogP contribution in [-0.4, -0.2) is 0 Å². The summed E-state index contributed by atoms with van der Waals surface area (Å²) >= 11 is 0. The first-order valence-electron chi connectivity index (χ1n) is 6.72. The monoisotopic (exact) mass is 248 g/mol. The average molecular weight is 248 g/mol. The van der Waals surface area contributed by atoms with E-state index in [1.807, 2.05) is 26.0 Å². The summed E-state index contributed by atoms with van der Waals surface area (Å²) in [5.41, 5.74) is 1.92. The molecule has 1 nitrogen and oxygen atoms in total. The third-order valence-electron chi connectivity index (χ3n) is 3.27. The summed E-state index contributed by atoms with van der Waals surface area (Å²) in [5.74, 6) is 0. The Bertz CT molecular complexity index is 834. The van der Waals surface area contributed by atoms with Crippen LogP contribution >= 0.6 is 0 Å². The van der Waals surface area contributed by atoms with Gasteiger partial charge in [0.1, 0.15) is 11.2 Å². The zero-order chi connectivity index (χ0) is 13.2. The van der Waals surface area contributed by atoms with Gasteiger partial charge >= 0.3 is 0 Å². The van der Waals surface area contributed by atoms with Crippen LogP contribution in [0.4, 0.5) is 0 Å². The molecular weight excluding hydrogens is 232 g/mol. The van der Waals surface area contributed by atoms with Crippen LogP contribution < -0.4 is 0 Å². The molecule has 19 heavy (non-hydrogen) atoms. The highest BCUT2D eigenvalue weighted by molar-refractivity contribution is 6.18. The molecule has 0 amide bonds. The van der Waals surface area contributed by atoms with Crippen LogP contribution in [0.2, 0.25) is 0 Å². The van der Waals surface area contributed by atoms with E-state index in [2.05, 4.69) is 48.5 Å². The van der Waals surface area contributed by atoms with E-state index in [0.717, 1.165) is 11.2 Å². The van der Waals surface area contributed by atoms with Crippen LogP contribution in [0, 0.1) is 0 Å². The number of hydrogen-bond donors (Lipinski definition) is 0. The van der Waals surface area contributed by atoms with Crippen molar-refractivity contribution in [3.8, 4) is 0 Å². The molecule has 0 aliphatic carbocycles. The minimum atomic E-state index is 0.957. The number of rotatable bonds is 0. The Hall–Kier alpha value is -2.28. The van der Waals surface area contributed by atoms with E-state index in [1.165, 1.54) is 21.5 Å². The zero-order valence-corrected chi connectivity index (χ0v) is 11.2. The molecule has 0 fully saturated rings. The van der Waals surface area contributed by atoms with Crippen molar-refractivity contribution in [3.05, 3.63) is 60.7 Å². The van der Waals surface area contributed by atoms with E-state index in [0.29, 0.717) is 0 Å². The molecule has 0 aliphatic rings. The summed E-state index contributed by atoms with van der Waals surface area (Å²) < 4.78 is 5.86. The Kier molecular flexibility index (Phi) is 2.96. The van der Waals surface area contributed by atoms with E-state index >= 15 is 0 Å². The van der Waals surface area contributed by atoms with E-state index in [1.54, 1.807) is 0 Å². The van der Waals surface area contributed by atoms with Gasteiger partial charge in [0.25, 0.3) is 0 Å². The van der Waals surface area contributed by atoms with Gasteiger partial charge in [0.05, 0.1) is 0 Å². The second-order valence-corrected chi connectivity index (χ2v) is 4.26. The van der Waals surface area contributed by atoms with Crippen LogP contribution in [0.5, 0.6) is 0 Å². The summed E-state index contributed by atoms with van der Waals surface area (Å²) in [6.07, 6.45) is 0. The first-order chi connectivity index (χ1) is 9.43. The van der Waals surface area contributed by atoms with Crippen molar-refractivity contribution in [2.24, 2.45) is 0 Å². The number of furan rings is 1. The smallest absolute Gasteiger partial charge is 0.136 e. The van der Waals surface area contributed by atoms with Gasteiger partial charge < -0.3 is 4.42 Å². The Balaban J connectivity index is 0.000000528. The topological polar surface area (TPSA) is 13.1 Å². The lowest BCUT2D eigenvalue weighted by molar-refractivity contribution is 0.669. The number of fused-ring (bicyclic) bond motifs is 5. The van der Waals surface area contributed by atoms with Crippen molar-refractivity contribution in [3.63, 3.8) is 0 Å². The van der Waals surface area contributed by atoms with Crippen LogP contribution in [-0.2, 0) is 0 Å². The van der Waals surface area contributed by atoms with E-state index in [9.17, 15) is 0 Å². The molecule has 1 aromatic heterocycles. The summed E-state index contributed by atoms with van der Waals surface area (Å²) in [6, 6.07) is 20.8. The summed E-state index contributed by atoms with van der Waals surface area (Å²) in [4.78, 5) is 0.